The van der Waals surface area contributed by atoms with Crippen LogP contribution in [-0.4, -0.2) is 27.9 Å². The van der Waals surface area contributed by atoms with Crippen LogP contribution in [-0.2, 0) is 19.0 Å². The molecule has 0 atom stereocenters. The monoisotopic (exact) mass is 236 g/mol. The molecule has 0 aromatic heterocycles. The van der Waals surface area contributed by atoms with Gasteiger partial charge in [-0.25, -0.2) is 0 Å². The second kappa shape index (κ2) is 4.64. The summed E-state index contributed by atoms with van der Waals surface area (Å²) in [6.45, 7) is 0.619. The average molecular weight is 237 g/mol. The van der Waals surface area contributed by atoms with Gasteiger partial charge in [-0.2, -0.15) is 14.5 Å². The van der Waals surface area contributed by atoms with Crippen molar-refractivity contribution in [3.63, 3.8) is 0 Å². The summed E-state index contributed by atoms with van der Waals surface area (Å²) in [4.78, 5) is 0. The maximum atomic E-state index is 10.3. The molecule has 1 aliphatic rings. The molecule has 54 valence electrons. The van der Waals surface area contributed by atoms with Crippen LogP contribution in [0, 0.1) is 6.10 Å². The molecule has 10 heavy (non-hydrogen) atoms. The first-order valence-corrected chi connectivity index (χ1v) is 4.21. The summed E-state index contributed by atoms with van der Waals surface area (Å²) >= 11 is 0. The van der Waals surface area contributed by atoms with Crippen molar-refractivity contribution in [2.75, 3.05) is 19.5 Å². The van der Waals surface area contributed by atoms with E-state index in [0.29, 0.717) is 12.7 Å². The zero-order chi connectivity index (χ0) is 6.91. The van der Waals surface area contributed by atoms with Crippen molar-refractivity contribution in [3.05, 3.63) is 6.10 Å². The van der Waals surface area contributed by atoms with Crippen molar-refractivity contribution in [2.45, 2.75) is 0 Å². The minimum atomic E-state index is -3.28. The van der Waals surface area contributed by atoms with Gasteiger partial charge in [-0.15, -0.1) is 0 Å². The number of epoxide rings is 1. The van der Waals surface area contributed by atoms with E-state index in [2.05, 4.69) is 8.92 Å². The van der Waals surface area contributed by atoms with Gasteiger partial charge in [0, 0.05) is 0 Å². The molecule has 0 spiro atoms. The molecule has 0 N–H and O–H groups in total. The summed E-state index contributed by atoms with van der Waals surface area (Å²) in [5.74, 6) is 0. The van der Waals surface area contributed by atoms with Crippen LogP contribution in [0.5, 0.6) is 0 Å². The van der Waals surface area contributed by atoms with Crippen LogP contribution >= 0.6 is 0 Å². The van der Waals surface area contributed by atoms with Gasteiger partial charge in [-0.3, -0.25) is 0 Å². The molecule has 4 nitrogen and oxygen atoms in total. The molecule has 0 aliphatic carbocycles. The first-order chi connectivity index (χ1) is 4.08. The summed E-state index contributed by atoms with van der Waals surface area (Å²) < 4.78 is 29.5. The molecule has 0 bridgehead atoms. The first kappa shape index (κ1) is 11.7. The summed E-state index contributed by atoms with van der Waals surface area (Å²) in [6, 6.07) is 0. The van der Waals surface area contributed by atoms with Crippen LogP contribution in [0.2, 0.25) is 0 Å². The number of rotatable bonds is 3. The van der Waals surface area contributed by atoms with Crippen molar-refractivity contribution in [1.82, 2.24) is 0 Å². The fraction of sp³-hybridized carbons (Fsp3) is 0.750. The van der Waals surface area contributed by atoms with Crippen LogP contribution in [0.1, 0.15) is 0 Å². The first-order valence-electron chi connectivity index (χ1n) is 2.40. The summed E-state index contributed by atoms with van der Waals surface area (Å²) in [7, 11) is -3.28. The van der Waals surface area contributed by atoms with E-state index < -0.39 is 10.1 Å². The third-order valence-corrected chi connectivity index (χ3v) is 1.33. The Kier molecular flexibility index (Phi) is 5.42. The fourth-order valence-electron chi connectivity index (χ4n) is 0.307. The Hall–Kier alpha value is 1.68. The second-order valence-corrected chi connectivity index (χ2v) is 3.44. The topological polar surface area (TPSA) is 55.9 Å². The Balaban J connectivity index is 0.000000810. The van der Waals surface area contributed by atoms with Crippen LogP contribution in [0.3, 0.4) is 0 Å². The molecule has 0 radical (unpaired) electrons. The van der Waals surface area contributed by atoms with Crippen molar-refractivity contribution >= 4 is 10.1 Å². The van der Waals surface area contributed by atoms with Crippen molar-refractivity contribution in [1.29, 1.82) is 0 Å². The number of ether oxygens (including phenoxy) is 1. The SMILES string of the molecule is CS(=O)(=O)OC[C-]1CO1.[Rb+]. The molecule has 1 saturated heterocycles. The Labute approximate surface area is 109 Å². The molecule has 0 unspecified atom stereocenters. The van der Waals surface area contributed by atoms with Crippen molar-refractivity contribution < 1.29 is 75.5 Å². The van der Waals surface area contributed by atoms with Gasteiger partial charge in [-0.05, 0) is 6.61 Å². The van der Waals surface area contributed by atoms with E-state index in [1.165, 1.54) is 0 Å². The number of hydrogen-bond donors (Lipinski definition) is 0. The molecule has 1 fully saturated rings. The van der Waals surface area contributed by atoms with Gasteiger partial charge in [0.05, 0.1) is 6.26 Å². The van der Waals surface area contributed by atoms with E-state index in [1.54, 1.807) is 0 Å². The zero-order valence-electron chi connectivity index (χ0n) is 5.96. The molecule has 0 aromatic carbocycles. The Morgan fingerprint density at radius 1 is 1.70 bits per heavy atom. The van der Waals surface area contributed by atoms with Gasteiger partial charge in [-0.1, -0.05) is 6.61 Å². The predicted molar refractivity (Wildman–Crippen MR) is 30.0 cm³/mol. The maximum absolute atomic E-state index is 10.3. The van der Waals surface area contributed by atoms with E-state index in [1.807, 2.05) is 0 Å². The summed E-state index contributed by atoms with van der Waals surface area (Å²) in [5.41, 5.74) is 0. The van der Waals surface area contributed by atoms with Crippen LogP contribution in [0.4, 0.5) is 0 Å². The summed E-state index contributed by atoms with van der Waals surface area (Å²) in [5, 5.41) is 0. The third-order valence-electron chi connectivity index (χ3n) is 0.782. The van der Waals surface area contributed by atoms with Gasteiger partial charge in [0.1, 0.15) is 0 Å². The molecule has 0 saturated carbocycles. The molecule has 0 aromatic rings. The van der Waals surface area contributed by atoms with E-state index >= 15 is 0 Å². The zero-order valence-corrected chi connectivity index (χ0v) is 11.7. The number of hydrogen-bond acceptors (Lipinski definition) is 4. The molecule has 1 aliphatic heterocycles. The van der Waals surface area contributed by atoms with Gasteiger partial charge < -0.3 is 8.92 Å². The van der Waals surface area contributed by atoms with Gasteiger partial charge in [0.15, 0.2) is 0 Å². The Morgan fingerprint density at radius 2 is 2.20 bits per heavy atom. The average Bonchev–Trinajstić information content (AvgIpc) is 2.38. The van der Waals surface area contributed by atoms with E-state index in [9.17, 15) is 8.42 Å². The molecule has 0 amide bonds. The van der Waals surface area contributed by atoms with Gasteiger partial charge in [0.25, 0.3) is 10.1 Å². The molecular weight excluding hydrogens is 230 g/mol. The van der Waals surface area contributed by atoms with E-state index in [0.717, 1.165) is 6.26 Å². The van der Waals surface area contributed by atoms with Crippen LogP contribution < -0.4 is 58.2 Å². The van der Waals surface area contributed by atoms with Crippen molar-refractivity contribution in [2.24, 2.45) is 0 Å². The third kappa shape index (κ3) is 6.39. The minimum absolute atomic E-state index is 0. The standard InChI is InChI=1S/C4H7O4S.Rb/c1-9(5,6)8-3-4-2-7-4;/h2-3H2,1H3;/q-1;+1. The van der Waals surface area contributed by atoms with Gasteiger partial charge >= 0.3 is 58.2 Å². The maximum Gasteiger partial charge on any atom is 1.00 e. The summed E-state index contributed by atoms with van der Waals surface area (Å²) in [6.07, 6.45) is 1.70. The van der Waals surface area contributed by atoms with Gasteiger partial charge in [0.2, 0.25) is 0 Å². The predicted octanol–water partition coefficient (Wildman–Crippen LogP) is -3.47. The van der Waals surface area contributed by atoms with E-state index in [4.69, 9.17) is 0 Å². The Morgan fingerprint density at radius 3 is 2.50 bits per heavy atom. The minimum Gasteiger partial charge on any atom is -0.568 e. The smallest absolute Gasteiger partial charge is 0.568 e. The quantitative estimate of drug-likeness (QED) is 0.290. The normalized spacial score (nSPS) is 18.1. The van der Waals surface area contributed by atoms with E-state index in [-0.39, 0.29) is 64.8 Å². The largest absolute Gasteiger partial charge is 1.00 e. The van der Waals surface area contributed by atoms with Crippen LogP contribution in [0.25, 0.3) is 0 Å². The second-order valence-electron chi connectivity index (χ2n) is 1.79. The molecule has 6 heteroatoms. The molecule has 1 rings (SSSR count). The van der Waals surface area contributed by atoms with Crippen molar-refractivity contribution in [3.8, 4) is 0 Å². The Bertz CT molecular complexity index is 183. The molecular formula is C4H7O4RbS. The molecule has 1 heterocycles. The van der Waals surface area contributed by atoms with Crippen LogP contribution in [0.15, 0.2) is 0 Å². The fourth-order valence-corrected chi connectivity index (χ4v) is 0.653.